The fraction of sp³-hybridized carbons (Fsp3) is 0.235. The van der Waals surface area contributed by atoms with Crippen LogP contribution in [0.2, 0.25) is 0 Å². The van der Waals surface area contributed by atoms with E-state index in [0.717, 1.165) is 5.39 Å². The van der Waals surface area contributed by atoms with Crippen LogP contribution >= 0.6 is 15.9 Å². The van der Waals surface area contributed by atoms with Gasteiger partial charge in [0.1, 0.15) is 23.3 Å². The van der Waals surface area contributed by atoms with Gasteiger partial charge in [-0.15, -0.1) is 0 Å². The standard InChI is InChI=1S/C17H14BrN3O2/c1-17(2,3)23-16(22)21-10-13(18)15-12(5-4-6-14(15)21)7-11(8-19)9-20/h4-7,10H,1-3H3. The number of fused-ring (bicyclic) bond motifs is 1. The molecule has 0 saturated heterocycles. The van der Waals surface area contributed by atoms with Crippen LogP contribution in [-0.4, -0.2) is 16.3 Å². The first-order valence-electron chi connectivity index (χ1n) is 6.81. The lowest BCUT2D eigenvalue weighted by atomic mass is 10.1. The summed E-state index contributed by atoms with van der Waals surface area (Å²) in [5.74, 6) is 0. The molecule has 0 radical (unpaired) electrons. The van der Waals surface area contributed by atoms with Crippen molar-refractivity contribution in [3.8, 4) is 12.1 Å². The second-order valence-corrected chi connectivity index (χ2v) is 6.70. The molecular weight excluding hydrogens is 358 g/mol. The van der Waals surface area contributed by atoms with Crippen LogP contribution in [0.4, 0.5) is 4.79 Å². The van der Waals surface area contributed by atoms with Crippen molar-refractivity contribution in [3.05, 3.63) is 40.0 Å². The molecule has 0 saturated carbocycles. The minimum Gasteiger partial charge on any atom is -0.443 e. The van der Waals surface area contributed by atoms with Gasteiger partial charge in [0.15, 0.2) is 0 Å². The van der Waals surface area contributed by atoms with Crippen LogP contribution in [0.15, 0.2) is 34.4 Å². The molecule has 1 heterocycles. The number of rotatable bonds is 1. The van der Waals surface area contributed by atoms with E-state index >= 15 is 0 Å². The SMILES string of the molecule is CC(C)(C)OC(=O)n1cc(Br)c2c(C=C(C#N)C#N)cccc21. The third kappa shape index (κ3) is 3.61. The van der Waals surface area contributed by atoms with Gasteiger partial charge in [0.25, 0.3) is 0 Å². The van der Waals surface area contributed by atoms with Crippen LogP contribution in [-0.2, 0) is 4.74 Å². The highest BCUT2D eigenvalue weighted by Crippen LogP contribution is 2.31. The fourth-order valence-corrected chi connectivity index (χ4v) is 2.73. The Morgan fingerprint density at radius 2 is 1.96 bits per heavy atom. The first-order valence-corrected chi connectivity index (χ1v) is 7.61. The van der Waals surface area contributed by atoms with Crippen molar-refractivity contribution in [3.63, 3.8) is 0 Å². The first kappa shape index (κ1) is 16.8. The highest BCUT2D eigenvalue weighted by molar-refractivity contribution is 9.10. The summed E-state index contributed by atoms with van der Waals surface area (Å²) in [6.45, 7) is 5.39. The zero-order chi connectivity index (χ0) is 17.2. The molecule has 23 heavy (non-hydrogen) atoms. The van der Waals surface area contributed by atoms with Crippen molar-refractivity contribution in [1.29, 1.82) is 10.5 Å². The highest BCUT2D eigenvalue weighted by atomic mass is 79.9. The average molecular weight is 372 g/mol. The Kier molecular flexibility index (Phi) is 4.58. The van der Waals surface area contributed by atoms with Crippen LogP contribution < -0.4 is 0 Å². The van der Waals surface area contributed by atoms with Gasteiger partial charge in [-0.1, -0.05) is 12.1 Å². The van der Waals surface area contributed by atoms with Gasteiger partial charge in [0.05, 0.1) is 5.52 Å². The molecule has 2 aromatic rings. The van der Waals surface area contributed by atoms with E-state index in [9.17, 15) is 4.79 Å². The van der Waals surface area contributed by atoms with Crippen molar-refractivity contribution in [2.24, 2.45) is 0 Å². The second-order valence-electron chi connectivity index (χ2n) is 5.85. The summed E-state index contributed by atoms with van der Waals surface area (Å²) in [4.78, 5) is 12.3. The molecule has 1 aromatic carbocycles. The van der Waals surface area contributed by atoms with Crippen molar-refractivity contribution in [2.45, 2.75) is 26.4 Å². The number of aromatic nitrogens is 1. The molecule has 6 heteroatoms. The van der Waals surface area contributed by atoms with Crippen LogP contribution in [0.25, 0.3) is 17.0 Å². The van der Waals surface area contributed by atoms with E-state index in [-0.39, 0.29) is 5.57 Å². The number of halogens is 1. The number of hydrogen-bond donors (Lipinski definition) is 0. The summed E-state index contributed by atoms with van der Waals surface area (Å²) in [5.41, 5.74) is 0.700. The molecule has 0 N–H and O–H groups in total. The maximum absolute atomic E-state index is 12.3. The summed E-state index contributed by atoms with van der Waals surface area (Å²) in [6, 6.07) is 8.98. The van der Waals surface area contributed by atoms with Gasteiger partial charge in [-0.3, -0.25) is 4.57 Å². The third-order valence-corrected chi connectivity index (χ3v) is 3.55. The normalized spacial score (nSPS) is 10.7. The molecule has 0 spiro atoms. The van der Waals surface area contributed by atoms with E-state index in [1.54, 1.807) is 45.2 Å². The van der Waals surface area contributed by atoms with E-state index in [1.165, 1.54) is 10.6 Å². The molecule has 0 aliphatic rings. The molecule has 0 fully saturated rings. The van der Waals surface area contributed by atoms with Crippen LogP contribution in [0.1, 0.15) is 26.3 Å². The Bertz CT molecular complexity index is 873. The van der Waals surface area contributed by atoms with Crippen LogP contribution in [0, 0.1) is 22.7 Å². The van der Waals surface area contributed by atoms with Gasteiger partial charge < -0.3 is 4.74 Å². The van der Waals surface area contributed by atoms with Crippen molar-refractivity contribution in [1.82, 2.24) is 4.57 Å². The van der Waals surface area contributed by atoms with Gasteiger partial charge >= 0.3 is 6.09 Å². The predicted octanol–water partition coefficient (Wildman–Crippen LogP) is 4.62. The Labute approximate surface area is 142 Å². The lowest BCUT2D eigenvalue weighted by Crippen LogP contribution is -2.26. The van der Waals surface area contributed by atoms with Gasteiger partial charge in [-0.25, -0.2) is 4.79 Å². The Morgan fingerprint density at radius 1 is 1.30 bits per heavy atom. The van der Waals surface area contributed by atoms with Crippen molar-refractivity contribution in [2.75, 3.05) is 0 Å². The first-order chi connectivity index (χ1) is 10.8. The number of carbonyl (C=O) groups excluding carboxylic acids is 1. The Morgan fingerprint density at radius 3 is 2.52 bits per heavy atom. The van der Waals surface area contributed by atoms with Crippen LogP contribution in [0.5, 0.6) is 0 Å². The Hall–Kier alpha value is -2.57. The van der Waals surface area contributed by atoms with Gasteiger partial charge in [0, 0.05) is 16.1 Å². The monoisotopic (exact) mass is 371 g/mol. The molecule has 0 amide bonds. The lowest BCUT2D eigenvalue weighted by Gasteiger charge is -2.19. The molecule has 116 valence electrons. The van der Waals surface area contributed by atoms with Crippen molar-refractivity contribution < 1.29 is 9.53 Å². The highest BCUT2D eigenvalue weighted by Gasteiger charge is 2.21. The summed E-state index contributed by atoms with van der Waals surface area (Å²) in [6.07, 6.45) is 2.62. The molecule has 0 aliphatic carbocycles. The van der Waals surface area contributed by atoms with Crippen molar-refractivity contribution >= 4 is 39.0 Å². The van der Waals surface area contributed by atoms with Crippen LogP contribution in [0.3, 0.4) is 0 Å². The zero-order valence-electron chi connectivity index (χ0n) is 12.9. The quantitative estimate of drug-likeness (QED) is 0.685. The van der Waals surface area contributed by atoms with E-state index in [2.05, 4.69) is 15.9 Å². The van der Waals surface area contributed by atoms with Gasteiger partial charge in [-0.2, -0.15) is 10.5 Å². The van der Waals surface area contributed by atoms with Gasteiger partial charge in [0.2, 0.25) is 0 Å². The van der Waals surface area contributed by atoms with E-state index < -0.39 is 11.7 Å². The number of nitriles is 2. The predicted molar refractivity (Wildman–Crippen MR) is 90.5 cm³/mol. The molecule has 2 rings (SSSR count). The summed E-state index contributed by atoms with van der Waals surface area (Å²) in [5, 5.41) is 18.6. The average Bonchev–Trinajstić information content (AvgIpc) is 2.81. The fourth-order valence-electron chi connectivity index (χ4n) is 2.09. The summed E-state index contributed by atoms with van der Waals surface area (Å²) in [7, 11) is 0. The number of benzene rings is 1. The topological polar surface area (TPSA) is 78.8 Å². The largest absolute Gasteiger partial charge is 0.443 e. The molecule has 0 bridgehead atoms. The number of ether oxygens (including phenoxy) is 1. The summed E-state index contributed by atoms with van der Waals surface area (Å²) >= 11 is 3.43. The maximum Gasteiger partial charge on any atom is 0.419 e. The number of nitrogens with zero attached hydrogens (tertiary/aromatic N) is 3. The molecule has 0 unspecified atom stereocenters. The molecule has 5 nitrogen and oxygen atoms in total. The number of allylic oxidation sites excluding steroid dienone is 1. The van der Waals surface area contributed by atoms with E-state index in [4.69, 9.17) is 15.3 Å². The smallest absolute Gasteiger partial charge is 0.419 e. The molecule has 0 atom stereocenters. The molecule has 1 aromatic heterocycles. The van der Waals surface area contributed by atoms with E-state index in [1.807, 2.05) is 12.1 Å². The second kappa shape index (κ2) is 6.28. The molecule has 0 aliphatic heterocycles. The maximum atomic E-state index is 12.3. The molecular formula is C17H14BrN3O2. The third-order valence-electron chi connectivity index (χ3n) is 2.95. The minimum absolute atomic E-state index is 0.00517. The summed E-state index contributed by atoms with van der Waals surface area (Å²) < 4.78 is 7.48. The number of hydrogen-bond acceptors (Lipinski definition) is 4. The number of carbonyl (C=O) groups is 1. The Balaban J connectivity index is 2.62. The minimum atomic E-state index is -0.605. The zero-order valence-corrected chi connectivity index (χ0v) is 14.5. The van der Waals surface area contributed by atoms with Gasteiger partial charge in [-0.05, 0) is 54.4 Å². The lowest BCUT2D eigenvalue weighted by molar-refractivity contribution is 0.0544. The van der Waals surface area contributed by atoms with E-state index in [0.29, 0.717) is 15.6 Å².